The zero-order valence-electron chi connectivity index (χ0n) is 7.48. The lowest BCUT2D eigenvalue weighted by atomic mass is 9.69. The first-order valence-corrected chi connectivity index (χ1v) is 5.25. The summed E-state index contributed by atoms with van der Waals surface area (Å²) in [5.74, 6) is 0.868. The summed E-state index contributed by atoms with van der Waals surface area (Å²) in [7, 11) is 0. The quantitative estimate of drug-likeness (QED) is 0.532. The lowest BCUT2D eigenvalue weighted by Gasteiger charge is -2.37. The molecule has 2 aliphatic carbocycles. The minimum Gasteiger partial charge on any atom is -0.298 e. The van der Waals surface area contributed by atoms with Gasteiger partial charge in [-0.3, -0.25) is 4.79 Å². The molecule has 3 atom stereocenters. The lowest BCUT2D eigenvalue weighted by molar-refractivity contribution is -0.117. The molecule has 0 aromatic carbocycles. The molecule has 2 aliphatic rings. The number of halogens is 1. The van der Waals surface area contributed by atoms with Crippen LogP contribution in [-0.4, -0.2) is 11.2 Å². The summed E-state index contributed by atoms with van der Waals surface area (Å²) in [4.78, 5) is 11.4. The van der Waals surface area contributed by atoms with Crippen molar-refractivity contribution in [3.05, 3.63) is 0 Å². The van der Waals surface area contributed by atoms with Crippen LogP contribution in [0, 0.1) is 11.3 Å². The fraction of sp³-hybridized carbons (Fsp3) is 0.900. The van der Waals surface area contributed by atoms with Gasteiger partial charge in [0.15, 0.2) is 5.78 Å². The highest BCUT2D eigenvalue weighted by Crippen LogP contribution is 2.52. The Morgan fingerprint density at radius 2 is 2.25 bits per heavy atom. The lowest BCUT2D eigenvalue weighted by Crippen LogP contribution is -2.33. The first-order chi connectivity index (χ1) is 5.64. The summed E-state index contributed by atoms with van der Waals surface area (Å²) in [6.07, 6.45) is 5.65. The van der Waals surface area contributed by atoms with Crippen LogP contribution in [0.5, 0.6) is 0 Å². The maximum atomic E-state index is 11.4. The molecule has 12 heavy (non-hydrogen) atoms. The Morgan fingerprint density at radius 1 is 1.50 bits per heavy atom. The number of ketones is 1. The molecule has 2 rings (SSSR count). The third-order valence-electron chi connectivity index (χ3n) is 3.76. The standard InChI is InChI=1S/C10H15ClO/c1-10-5-3-2-4-7(10)6-8(12)9(10)11/h7,9H,2-6H2,1H3. The maximum absolute atomic E-state index is 11.4. The van der Waals surface area contributed by atoms with E-state index in [9.17, 15) is 4.79 Å². The highest BCUT2D eigenvalue weighted by atomic mass is 35.5. The predicted molar refractivity (Wildman–Crippen MR) is 49.3 cm³/mol. The van der Waals surface area contributed by atoms with E-state index in [4.69, 9.17) is 11.6 Å². The number of fused-ring (bicyclic) bond motifs is 1. The van der Waals surface area contributed by atoms with Crippen molar-refractivity contribution in [3.8, 4) is 0 Å². The van der Waals surface area contributed by atoms with E-state index in [2.05, 4.69) is 6.92 Å². The third kappa shape index (κ3) is 1.02. The van der Waals surface area contributed by atoms with Gasteiger partial charge in [0, 0.05) is 6.42 Å². The molecule has 2 heteroatoms. The van der Waals surface area contributed by atoms with Crippen LogP contribution in [0.2, 0.25) is 0 Å². The molecule has 68 valence electrons. The molecule has 2 saturated carbocycles. The molecule has 3 unspecified atom stereocenters. The maximum Gasteiger partial charge on any atom is 0.151 e. The second-order valence-electron chi connectivity index (χ2n) is 4.48. The van der Waals surface area contributed by atoms with Crippen molar-refractivity contribution in [1.29, 1.82) is 0 Å². The summed E-state index contributed by atoms with van der Waals surface area (Å²) in [6.45, 7) is 2.19. The number of carbonyl (C=O) groups excluding carboxylic acids is 1. The van der Waals surface area contributed by atoms with Gasteiger partial charge in [0.2, 0.25) is 0 Å². The number of carbonyl (C=O) groups is 1. The van der Waals surface area contributed by atoms with Crippen molar-refractivity contribution >= 4 is 17.4 Å². The third-order valence-corrected chi connectivity index (χ3v) is 4.50. The molecule has 0 N–H and O–H groups in total. The van der Waals surface area contributed by atoms with Gasteiger partial charge in [0.1, 0.15) is 0 Å². The molecule has 0 radical (unpaired) electrons. The van der Waals surface area contributed by atoms with Crippen molar-refractivity contribution in [2.75, 3.05) is 0 Å². The Labute approximate surface area is 78.5 Å². The number of rotatable bonds is 0. The van der Waals surface area contributed by atoms with Crippen LogP contribution < -0.4 is 0 Å². The van der Waals surface area contributed by atoms with Gasteiger partial charge in [-0.2, -0.15) is 0 Å². The number of hydrogen-bond acceptors (Lipinski definition) is 1. The largest absolute Gasteiger partial charge is 0.298 e. The average molecular weight is 187 g/mol. The minimum absolute atomic E-state index is 0.136. The fourth-order valence-corrected chi connectivity index (χ4v) is 3.19. The Balaban J connectivity index is 2.25. The Kier molecular flexibility index (Phi) is 1.95. The van der Waals surface area contributed by atoms with E-state index in [1.54, 1.807) is 0 Å². The van der Waals surface area contributed by atoms with Crippen molar-refractivity contribution in [1.82, 2.24) is 0 Å². The van der Waals surface area contributed by atoms with Gasteiger partial charge in [-0.15, -0.1) is 11.6 Å². The topological polar surface area (TPSA) is 17.1 Å². The first kappa shape index (κ1) is 8.55. The van der Waals surface area contributed by atoms with Gasteiger partial charge in [0.05, 0.1) is 5.38 Å². The molecular formula is C10H15ClO. The van der Waals surface area contributed by atoms with Crippen LogP contribution in [-0.2, 0) is 4.79 Å². The molecular weight excluding hydrogens is 172 g/mol. The SMILES string of the molecule is CC12CCCCC1CC(=O)C2Cl. The second-order valence-corrected chi connectivity index (χ2v) is 4.92. The van der Waals surface area contributed by atoms with E-state index in [1.807, 2.05) is 0 Å². The van der Waals surface area contributed by atoms with Crippen molar-refractivity contribution in [3.63, 3.8) is 0 Å². The molecule has 0 bridgehead atoms. The van der Waals surface area contributed by atoms with Crippen molar-refractivity contribution < 1.29 is 4.79 Å². The van der Waals surface area contributed by atoms with E-state index < -0.39 is 0 Å². The van der Waals surface area contributed by atoms with Crippen LogP contribution >= 0.6 is 11.6 Å². The van der Waals surface area contributed by atoms with E-state index in [-0.39, 0.29) is 16.6 Å². The first-order valence-electron chi connectivity index (χ1n) is 4.81. The highest BCUT2D eigenvalue weighted by Gasteiger charge is 2.51. The molecule has 0 heterocycles. The molecule has 0 aromatic heterocycles. The van der Waals surface area contributed by atoms with E-state index in [0.717, 1.165) is 12.8 Å². The number of Topliss-reactive ketones (excluding diaryl/α,β-unsaturated/α-hetero) is 1. The summed E-state index contributed by atoms with van der Waals surface area (Å²) < 4.78 is 0. The average Bonchev–Trinajstić information content (AvgIpc) is 2.28. The fourth-order valence-electron chi connectivity index (χ4n) is 2.81. The van der Waals surface area contributed by atoms with Crippen LogP contribution in [0.15, 0.2) is 0 Å². The van der Waals surface area contributed by atoms with Gasteiger partial charge >= 0.3 is 0 Å². The normalized spacial score (nSPS) is 47.7. The van der Waals surface area contributed by atoms with E-state index in [1.165, 1.54) is 19.3 Å². The number of hydrogen-bond donors (Lipinski definition) is 0. The van der Waals surface area contributed by atoms with Crippen LogP contribution in [0.1, 0.15) is 39.0 Å². The molecule has 2 fully saturated rings. The van der Waals surface area contributed by atoms with Crippen molar-refractivity contribution in [2.24, 2.45) is 11.3 Å². The zero-order chi connectivity index (χ0) is 8.77. The monoisotopic (exact) mass is 186 g/mol. The Morgan fingerprint density at radius 3 is 2.92 bits per heavy atom. The Hall–Kier alpha value is -0.0400. The predicted octanol–water partition coefficient (Wildman–Crippen LogP) is 2.76. The number of alkyl halides is 1. The van der Waals surface area contributed by atoms with Gasteiger partial charge in [-0.25, -0.2) is 0 Å². The van der Waals surface area contributed by atoms with E-state index in [0.29, 0.717) is 5.92 Å². The summed E-state index contributed by atoms with van der Waals surface area (Å²) in [5, 5.41) is -0.192. The Bertz CT molecular complexity index is 214. The smallest absolute Gasteiger partial charge is 0.151 e. The molecule has 0 aromatic rings. The van der Waals surface area contributed by atoms with Crippen LogP contribution in [0.4, 0.5) is 0 Å². The van der Waals surface area contributed by atoms with Crippen molar-refractivity contribution in [2.45, 2.75) is 44.4 Å². The molecule has 1 nitrogen and oxygen atoms in total. The van der Waals surface area contributed by atoms with E-state index >= 15 is 0 Å². The summed E-state index contributed by atoms with van der Waals surface area (Å²) >= 11 is 6.13. The van der Waals surface area contributed by atoms with Crippen LogP contribution in [0.3, 0.4) is 0 Å². The molecule has 0 amide bonds. The molecule has 0 saturated heterocycles. The minimum atomic E-state index is -0.192. The van der Waals surface area contributed by atoms with Gasteiger partial charge in [-0.1, -0.05) is 19.8 Å². The van der Waals surface area contributed by atoms with Gasteiger partial charge in [-0.05, 0) is 24.2 Å². The molecule has 0 spiro atoms. The zero-order valence-corrected chi connectivity index (χ0v) is 8.23. The van der Waals surface area contributed by atoms with Gasteiger partial charge < -0.3 is 0 Å². The highest BCUT2D eigenvalue weighted by molar-refractivity contribution is 6.32. The second kappa shape index (κ2) is 2.73. The summed E-state index contributed by atoms with van der Waals surface area (Å²) in [6, 6.07) is 0. The van der Waals surface area contributed by atoms with Gasteiger partial charge in [0.25, 0.3) is 0 Å². The molecule has 0 aliphatic heterocycles. The summed E-state index contributed by atoms with van der Waals surface area (Å²) in [5.41, 5.74) is 0.136. The van der Waals surface area contributed by atoms with Crippen LogP contribution in [0.25, 0.3) is 0 Å².